The van der Waals surface area contributed by atoms with E-state index in [1.807, 2.05) is 0 Å². The van der Waals surface area contributed by atoms with E-state index in [-0.39, 0.29) is 0 Å². The van der Waals surface area contributed by atoms with Gasteiger partial charge in [-0.05, 0) is 18.7 Å². The lowest BCUT2D eigenvalue weighted by atomic mass is 10.2. The van der Waals surface area contributed by atoms with Gasteiger partial charge in [0.15, 0.2) is 0 Å². The Kier molecular flexibility index (Phi) is 2.00. The molecule has 1 heterocycles. The molecular formula is C10H14N2. The van der Waals surface area contributed by atoms with Crippen LogP contribution in [0.2, 0.25) is 0 Å². The lowest BCUT2D eigenvalue weighted by molar-refractivity contribution is 0.346. The van der Waals surface area contributed by atoms with Gasteiger partial charge in [-0.15, -0.1) is 0 Å². The Balaban J connectivity index is 2.31. The highest BCUT2D eigenvalue weighted by atomic mass is 15.1. The Morgan fingerprint density at radius 2 is 2.17 bits per heavy atom. The number of likely N-dealkylation sites (N-methyl/N-ethyl adjacent to an activating group) is 1. The van der Waals surface area contributed by atoms with Crippen molar-refractivity contribution >= 4 is 5.69 Å². The first-order chi connectivity index (χ1) is 5.86. The first kappa shape index (κ1) is 7.62. The highest BCUT2D eigenvalue weighted by Gasteiger charge is 2.08. The average molecular weight is 162 g/mol. The second-order valence-electron chi connectivity index (χ2n) is 3.32. The summed E-state index contributed by atoms with van der Waals surface area (Å²) in [5.74, 6) is 0. The molecule has 0 bridgehead atoms. The summed E-state index contributed by atoms with van der Waals surface area (Å²) < 4.78 is 0. The van der Waals surface area contributed by atoms with Gasteiger partial charge in [0.2, 0.25) is 0 Å². The van der Waals surface area contributed by atoms with Crippen molar-refractivity contribution in [2.45, 2.75) is 6.54 Å². The summed E-state index contributed by atoms with van der Waals surface area (Å²) in [6.45, 7) is 3.23. The molecule has 0 atom stereocenters. The molecule has 2 nitrogen and oxygen atoms in total. The van der Waals surface area contributed by atoms with E-state index >= 15 is 0 Å². The van der Waals surface area contributed by atoms with Crippen molar-refractivity contribution in [1.82, 2.24) is 4.90 Å². The molecule has 0 saturated heterocycles. The minimum absolute atomic E-state index is 1.05. The van der Waals surface area contributed by atoms with Crippen LogP contribution in [0.25, 0.3) is 0 Å². The number of benzene rings is 1. The smallest absolute Gasteiger partial charge is 0.0386 e. The van der Waals surface area contributed by atoms with Crippen molar-refractivity contribution in [3.8, 4) is 0 Å². The van der Waals surface area contributed by atoms with E-state index in [0.29, 0.717) is 0 Å². The monoisotopic (exact) mass is 162 g/mol. The van der Waals surface area contributed by atoms with Gasteiger partial charge in [-0.2, -0.15) is 0 Å². The topological polar surface area (TPSA) is 15.3 Å². The summed E-state index contributed by atoms with van der Waals surface area (Å²) in [5, 5.41) is 3.41. The molecule has 1 aliphatic rings. The molecule has 0 unspecified atom stereocenters. The van der Waals surface area contributed by atoms with E-state index in [4.69, 9.17) is 0 Å². The van der Waals surface area contributed by atoms with Crippen molar-refractivity contribution in [3.63, 3.8) is 0 Å². The highest BCUT2D eigenvalue weighted by Crippen LogP contribution is 2.18. The second kappa shape index (κ2) is 3.15. The SMILES string of the molecule is CN1CCNc2ccccc2C1. The molecule has 2 heteroatoms. The summed E-state index contributed by atoms with van der Waals surface area (Å²) in [6.07, 6.45) is 0. The van der Waals surface area contributed by atoms with Crippen molar-refractivity contribution < 1.29 is 0 Å². The molecule has 64 valence electrons. The van der Waals surface area contributed by atoms with Gasteiger partial charge in [-0.25, -0.2) is 0 Å². The van der Waals surface area contributed by atoms with Crippen LogP contribution in [-0.4, -0.2) is 25.0 Å². The first-order valence-electron chi connectivity index (χ1n) is 4.36. The van der Waals surface area contributed by atoms with Gasteiger partial charge in [0.25, 0.3) is 0 Å². The maximum Gasteiger partial charge on any atom is 0.0386 e. The zero-order valence-electron chi connectivity index (χ0n) is 7.38. The van der Waals surface area contributed by atoms with Crippen molar-refractivity contribution in [2.75, 3.05) is 25.5 Å². The lowest BCUT2D eigenvalue weighted by Crippen LogP contribution is -2.20. The summed E-state index contributed by atoms with van der Waals surface area (Å²) >= 11 is 0. The summed E-state index contributed by atoms with van der Waals surface area (Å²) in [7, 11) is 2.16. The van der Waals surface area contributed by atoms with Gasteiger partial charge in [0.1, 0.15) is 0 Å². The minimum atomic E-state index is 1.05. The van der Waals surface area contributed by atoms with E-state index < -0.39 is 0 Å². The summed E-state index contributed by atoms with van der Waals surface area (Å²) in [4.78, 5) is 2.33. The van der Waals surface area contributed by atoms with Gasteiger partial charge in [-0.1, -0.05) is 18.2 Å². The third-order valence-corrected chi connectivity index (χ3v) is 2.27. The van der Waals surface area contributed by atoms with E-state index in [2.05, 4.69) is 41.5 Å². The fourth-order valence-corrected chi connectivity index (χ4v) is 1.58. The van der Waals surface area contributed by atoms with Crippen LogP contribution >= 0.6 is 0 Å². The molecule has 0 spiro atoms. The predicted molar refractivity (Wildman–Crippen MR) is 51.3 cm³/mol. The molecule has 0 radical (unpaired) electrons. The molecule has 1 aromatic carbocycles. The molecule has 1 aliphatic heterocycles. The predicted octanol–water partition coefficient (Wildman–Crippen LogP) is 1.54. The Labute approximate surface area is 73.2 Å². The van der Waals surface area contributed by atoms with Crippen molar-refractivity contribution in [2.24, 2.45) is 0 Å². The van der Waals surface area contributed by atoms with Crippen LogP contribution in [0.1, 0.15) is 5.56 Å². The Hall–Kier alpha value is -1.02. The van der Waals surface area contributed by atoms with Crippen LogP contribution in [0.5, 0.6) is 0 Å². The number of fused-ring (bicyclic) bond motifs is 1. The number of para-hydroxylation sites is 1. The van der Waals surface area contributed by atoms with E-state index in [0.717, 1.165) is 19.6 Å². The molecule has 1 N–H and O–H groups in total. The normalized spacial score (nSPS) is 17.8. The maximum atomic E-state index is 3.41. The Morgan fingerprint density at radius 3 is 3.08 bits per heavy atom. The molecule has 0 fully saturated rings. The fourth-order valence-electron chi connectivity index (χ4n) is 1.58. The zero-order chi connectivity index (χ0) is 8.39. The van der Waals surface area contributed by atoms with Gasteiger partial charge in [0.05, 0.1) is 0 Å². The number of nitrogens with zero attached hydrogens (tertiary/aromatic N) is 1. The zero-order valence-corrected chi connectivity index (χ0v) is 7.38. The van der Waals surface area contributed by atoms with Crippen molar-refractivity contribution in [1.29, 1.82) is 0 Å². The summed E-state index contributed by atoms with van der Waals surface area (Å²) in [5.41, 5.74) is 2.69. The average Bonchev–Trinajstić information content (AvgIpc) is 2.25. The van der Waals surface area contributed by atoms with Crippen LogP contribution in [-0.2, 0) is 6.54 Å². The maximum absolute atomic E-state index is 3.41. The number of anilines is 1. The summed E-state index contributed by atoms with van der Waals surface area (Å²) in [6, 6.07) is 8.51. The van der Waals surface area contributed by atoms with Gasteiger partial charge < -0.3 is 10.2 Å². The molecule has 2 rings (SSSR count). The molecule has 1 aromatic rings. The molecule has 0 saturated carbocycles. The standard InChI is InChI=1S/C10H14N2/c1-12-7-6-11-10-5-3-2-4-9(10)8-12/h2-5,11H,6-8H2,1H3. The van der Waals surface area contributed by atoms with E-state index in [1.54, 1.807) is 0 Å². The van der Waals surface area contributed by atoms with Crippen LogP contribution in [0.4, 0.5) is 5.69 Å². The van der Waals surface area contributed by atoms with Crippen molar-refractivity contribution in [3.05, 3.63) is 29.8 Å². The fraction of sp³-hybridized carbons (Fsp3) is 0.400. The third kappa shape index (κ3) is 1.43. The molecule has 0 aliphatic carbocycles. The van der Waals surface area contributed by atoms with Gasteiger partial charge >= 0.3 is 0 Å². The number of hydrogen-bond donors (Lipinski definition) is 1. The number of hydrogen-bond acceptors (Lipinski definition) is 2. The van der Waals surface area contributed by atoms with Crippen LogP contribution in [0.3, 0.4) is 0 Å². The van der Waals surface area contributed by atoms with Crippen LogP contribution < -0.4 is 5.32 Å². The third-order valence-electron chi connectivity index (χ3n) is 2.27. The van der Waals surface area contributed by atoms with Crippen LogP contribution in [0, 0.1) is 0 Å². The van der Waals surface area contributed by atoms with Gasteiger partial charge in [-0.3, -0.25) is 0 Å². The Morgan fingerprint density at radius 1 is 1.33 bits per heavy atom. The number of nitrogens with one attached hydrogen (secondary N) is 1. The first-order valence-corrected chi connectivity index (χ1v) is 4.36. The van der Waals surface area contributed by atoms with Crippen LogP contribution in [0.15, 0.2) is 24.3 Å². The molecule has 0 amide bonds. The van der Waals surface area contributed by atoms with E-state index in [9.17, 15) is 0 Å². The molecule has 0 aromatic heterocycles. The molecular weight excluding hydrogens is 148 g/mol. The van der Waals surface area contributed by atoms with Gasteiger partial charge in [0, 0.05) is 25.3 Å². The lowest BCUT2D eigenvalue weighted by Gasteiger charge is -2.11. The second-order valence-corrected chi connectivity index (χ2v) is 3.32. The number of rotatable bonds is 0. The van der Waals surface area contributed by atoms with E-state index in [1.165, 1.54) is 11.3 Å². The quantitative estimate of drug-likeness (QED) is 0.622. The Bertz CT molecular complexity index is 270. The minimum Gasteiger partial charge on any atom is -0.383 e. The highest BCUT2D eigenvalue weighted by molar-refractivity contribution is 5.51. The molecule has 12 heavy (non-hydrogen) atoms. The largest absolute Gasteiger partial charge is 0.383 e.